The van der Waals surface area contributed by atoms with Crippen LogP contribution in [0.4, 0.5) is 0 Å². The third kappa shape index (κ3) is 16.8. The van der Waals surface area contributed by atoms with Gasteiger partial charge in [0.2, 0.25) is 47.3 Å². The molecule has 24 nitrogen and oxygen atoms in total. The summed E-state index contributed by atoms with van der Waals surface area (Å²) in [5, 5.41) is 7.88. The van der Waals surface area contributed by atoms with E-state index in [-0.39, 0.29) is 13.0 Å². The van der Waals surface area contributed by atoms with Crippen LogP contribution in [0, 0.1) is 29.6 Å². The zero-order valence-electron chi connectivity index (χ0n) is 48.8. The summed E-state index contributed by atoms with van der Waals surface area (Å²) < 4.78 is 15.4. The molecule has 11 atom stereocenters. The van der Waals surface area contributed by atoms with E-state index >= 15 is 0 Å². The molecule has 0 unspecified atom stereocenters. The second-order valence-corrected chi connectivity index (χ2v) is 21.5. The summed E-state index contributed by atoms with van der Waals surface area (Å²) in [7, 11) is 8.93. The molecule has 3 N–H and O–H groups in total. The molecule has 436 valence electrons. The second kappa shape index (κ2) is 30.0. The summed E-state index contributed by atoms with van der Waals surface area (Å²) in [6.07, 6.45) is -1.02. The van der Waals surface area contributed by atoms with Crippen LogP contribution in [0.5, 0.6) is 0 Å². The van der Waals surface area contributed by atoms with E-state index in [0.29, 0.717) is 25.7 Å². The fraction of sp³-hybridized carbons (Fsp3) is 0.774. The monoisotopic (exact) mass is 1090 g/mol. The van der Waals surface area contributed by atoms with E-state index in [1.807, 2.05) is 0 Å². The molecule has 0 aliphatic carbocycles. The van der Waals surface area contributed by atoms with Crippen molar-refractivity contribution in [1.82, 2.24) is 45.3 Å². The SMILES string of the molecule is CC[C@H](C)[C@H]1C(=O)NCC(=O)N(C)[C@@H](C(C)C)C(=O)N[C@@H](CC(=O)OC)C(=O)O[C@H](C)C(=O)N2CCCC[C@H]2C(=O)N(C)[C@@H](C(C)C)C(=O)N[C@@H](C(C)C)C(=O)N(C)[C@@H](CC(=O)OC)C(=O)N(C)[C@@H]([C@@H](C)CC)C(=O)N1C. The first kappa shape index (κ1) is 66.8. The molecule has 2 aliphatic rings. The van der Waals surface area contributed by atoms with E-state index in [1.54, 1.807) is 69.2 Å². The first-order valence-electron chi connectivity index (χ1n) is 26.7. The van der Waals surface area contributed by atoms with Crippen LogP contribution in [-0.4, -0.2) is 217 Å². The Balaban J connectivity index is 2.93. The molecule has 2 saturated heterocycles. The number of nitrogens with zero attached hydrogens (tertiary/aromatic N) is 6. The van der Waals surface area contributed by atoms with E-state index in [4.69, 9.17) is 14.2 Å². The minimum Gasteiger partial charge on any atom is -0.469 e. The number of methoxy groups -OCH3 is 2. The topological polar surface area (TPSA) is 288 Å². The minimum atomic E-state index is -1.72. The highest BCUT2D eigenvalue weighted by atomic mass is 16.6. The summed E-state index contributed by atoms with van der Waals surface area (Å²) in [5.74, 6) is -12.6. The predicted molar refractivity (Wildman–Crippen MR) is 281 cm³/mol. The van der Waals surface area contributed by atoms with Crippen molar-refractivity contribution in [3.05, 3.63) is 0 Å². The van der Waals surface area contributed by atoms with Gasteiger partial charge in [0.1, 0.15) is 48.3 Å². The maximum Gasteiger partial charge on any atom is 0.330 e. The summed E-state index contributed by atoms with van der Waals surface area (Å²) >= 11 is 0. The van der Waals surface area contributed by atoms with Gasteiger partial charge in [0, 0.05) is 41.8 Å². The third-order valence-electron chi connectivity index (χ3n) is 15.0. The molecule has 2 rings (SSSR count). The highest BCUT2D eigenvalue weighted by Crippen LogP contribution is 2.26. The van der Waals surface area contributed by atoms with Crippen molar-refractivity contribution in [2.75, 3.05) is 62.5 Å². The summed E-state index contributed by atoms with van der Waals surface area (Å²) in [6, 6.07) is -10.7. The standard InChI is InChI=1S/C53H89N9O15/c1-19-31(9)43-45(66)54-27-37(63)58(13)41(29(5)6)46(67)55-34(25-38(64)75-17)53(74)77-33(11)48(69)62-24-22-21-23-35(62)49(70)59(14)42(30(7)8)47(68)56-40(28(3)4)51(72)57(12)36(26-39(65)76-18)50(71)61(16)44(32(10)20-2)52(73)60(43)15/h28-36,40-44H,19-27H2,1-18H3,(H,54,66)(H,55,67)(H,56,68)/t31-,32-,33+,34-,35-,36-,40-,41-,42-,43-,44-/m0/s1. The number of likely N-dealkylation sites (N-methyl/N-ethyl adjacent to an activating group) is 5. The van der Waals surface area contributed by atoms with E-state index in [2.05, 4.69) is 16.0 Å². The van der Waals surface area contributed by atoms with Crippen LogP contribution in [-0.2, 0) is 71.7 Å². The van der Waals surface area contributed by atoms with E-state index < -0.39 is 174 Å². The largest absolute Gasteiger partial charge is 0.469 e. The Morgan fingerprint density at radius 3 is 1.58 bits per heavy atom. The molecule has 0 spiro atoms. The van der Waals surface area contributed by atoms with Crippen molar-refractivity contribution >= 4 is 71.1 Å². The quantitative estimate of drug-likeness (QED) is 0.190. The van der Waals surface area contributed by atoms with Crippen molar-refractivity contribution in [2.45, 2.75) is 176 Å². The minimum absolute atomic E-state index is 0.0703. The molecule has 0 aromatic heterocycles. The highest BCUT2D eigenvalue weighted by molar-refractivity contribution is 5.99. The van der Waals surface area contributed by atoms with Gasteiger partial charge in [0.15, 0.2) is 6.10 Å². The Morgan fingerprint density at radius 1 is 0.571 bits per heavy atom. The first-order chi connectivity index (χ1) is 35.9. The molecular formula is C53H89N9O15. The molecule has 0 saturated carbocycles. The van der Waals surface area contributed by atoms with Crippen LogP contribution >= 0.6 is 0 Å². The fourth-order valence-electron chi connectivity index (χ4n) is 9.99. The van der Waals surface area contributed by atoms with Gasteiger partial charge in [-0.25, -0.2) is 4.79 Å². The van der Waals surface area contributed by atoms with E-state index in [0.717, 1.165) is 28.9 Å². The van der Waals surface area contributed by atoms with Crippen LogP contribution in [0.25, 0.3) is 0 Å². The molecule has 9 amide bonds. The van der Waals surface area contributed by atoms with Gasteiger partial charge in [-0.15, -0.1) is 0 Å². The molecule has 77 heavy (non-hydrogen) atoms. The zero-order valence-corrected chi connectivity index (χ0v) is 48.8. The van der Waals surface area contributed by atoms with Gasteiger partial charge in [-0.3, -0.25) is 52.7 Å². The molecule has 0 aromatic rings. The number of hydrogen-bond acceptors (Lipinski definition) is 15. The number of rotatable bonds is 11. The Morgan fingerprint density at radius 2 is 1.06 bits per heavy atom. The molecule has 0 radical (unpaired) electrons. The van der Waals surface area contributed by atoms with Crippen LogP contribution < -0.4 is 16.0 Å². The Labute approximate surface area is 454 Å². The summed E-state index contributed by atoms with van der Waals surface area (Å²) in [5.41, 5.74) is 0. The highest BCUT2D eigenvalue weighted by Gasteiger charge is 2.46. The van der Waals surface area contributed by atoms with Crippen LogP contribution in [0.1, 0.15) is 121 Å². The van der Waals surface area contributed by atoms with E-state index in [9.17, 15) is 57.5 Å². The Hall–Kier alpha value is -6.36. The second-order valence-electron chi connectivity index (χ2n) is 21.5. The van der Waals surface area contributed by atoms with Crippen LogP contribution in [0.3, 0.4) is 0 Å². The smallest absolute Gasteiger partial charge is 0.330 e. The maximum atomic E-state index is 14.9. The molecular weight excluding hydrogens is 1000 g/mol. The number of amides is 9. The average Bonchev–Trinajstić information content (AvgIpc) is 3.38. The lowest BCUT2D eigenvalue weighted by atomic mass is 9.92. The third-order valence-corrected chi connectivity index (χ3v) is 15.0. The number of carbonyl (C=O) groups is 12. The van der Waals surface area contributed by atoms with Crippen molar-refractivity contribution in [2.24, 2.45) is 29.6 Å². The number of hydrogen-bond donors (Lipinski definition) is 3. The Bertz CT molecular complexity index is 2150. The van der Waals surface area contributed by atoms with Crippen molar-refractivity contribution in [3.63, 3.8) is 0 Å². The van der Waals surface area contributed by atoms with Crippen molar-refractivity contribution in [1.29, 1.82) is 0 Å². The zero-order chi connectivity index (χ0) is 59.1. The number of piperidine rings is 1. The van der Waals surface area contributed by atoms with Crippen molar-refractivity contribution in [3.8, 4) is 0 Å². The molecule has 0 bridgehead atoms. The molecule has 2 aliphatic heterocycles. The summed E-state index contributed by atoms with van der Waals surface area (Å²) in [6.45, 7) is 17.7. The van der Waals surface area contributed by atoms with E-state index in [1.165, 1.54) is 56.9 Å². The lowest BCUT2D eigenvalue weighted by Gasteiger charge is -2.41. The lowest BCUT2D eigenvalue weighted by molar-refractivity contribution is -0.166. The molecule has 2 fully saturated rings. The van der Waals surface area contributed by atoms with Gasteiger partial charge < -0.3 is 59.6 Å². The number of ether oxygens (including phenoxy) is 3. The number of nitrogens with one attached hydrogen (secondary N) is 3. The molecule has 24 heteroatoms. The number of esters is 3. The normalized spacial score (nSPS) is 27.3. The van der Waals surface area contributed by atoms with Gasteiger partial charge >= 0.3 is 17.9 Å². The van der Waals surface area contributed by atoms with Crippen LogP contribution in [0.15, 0.2) is 0 Å². The van der Waals surface area contributed by atoms with Crippen LogP contribution in [0.2, 0.25) is 0 Å². The predicted octanol–water partition coefficient (Wildman–Crippen LogP) is 0.720. The van der Waals surface area contributed by atoms with Gasteiger partial charge in [-0.1, -0.05) is 82.1 Å². The lowest BCUT2D eigenvalue weighted by Crippen LogP contribution is -2.63. The fourth-order valence-corrected chi connectivity index (χ4v) is 9.99. The average molecular weight is 1090 g/mol. The van der Waals surface area contributed by atoms with Gasteiger partial charge in [0.05, 0.1) is 33.6 Å². The first-order valence-corrected chi connectivity index (χ1v) is 26.7. The number of fused-ring (bicyclic) bond motifs is 1. The van der Waals surface area contributed by atoms with Crippen molar-refractivity contribution < 1.29 is 71.7 Å². The Kier molecular flexibility index (Phi) is 26.0. The van der Waals surface area contributed by atoms with Gasteiger partial charge in [-0.05, 0) is 55.8 Å². The van der Waals surface area contributed by atoms with Gasteiger partial charge in [-0.2, -0.15) is 0 Å². The number of cyclic esters (lactones) is 1. The number of carbonyl (C=O) groups excluding carboxylic acids is 12. The maximum absolute atomic E-state index is 14.9. The summed E-state index contributed by atoms with van der Waals surface area (Å²) in [4.78, 5) is 177. The molecule has 0 aromatic carbocycles. The molecule has 2 heterocycles. The van der Waals surface area contributed by atoms with Gasteiger partial charge in [0.25, 0.3) is 5.91 Å².